The third kappa shape index (κ3) is 70.9. The van der Waals surface area contributed by atoms with Gasteiger partial charge in [-0.25, -0.2) is 9.13 Å². The summed E-state index contributed by atoms with van der Waals surface area (Å²) in [5, 5.41) is 10.6. The molecule has 0 spiro atoms. The first kappa shape index (κ1) is 95.1. The zero-order valence-corrected chi connectivity index (χ0v) is 65.5. The number of phosphoric ester groups is 2. The van der Waals surface area contributed by atoms with Crippen LogP contribution in [0.25, 0.3) is 0 Å². The number of phosphoric acid groups is 2. The summed E-state index contributed by atoms with van der Waals surface area (Å²) in [6.45, 7) is 14.2. The van der Waals surface area contributed by atoms with Crippen molar-refractivity contribution in [3.05, 3.63) is 0 Å². The van der Waals surface area contributed by atoms with Crippen molar-refractivity contribution in [2.45, 2.75) is 414 Å². The quantitative estimate of drug-likeness (QED) is 0.0222. The third-order valence-corrected chi connectivity index (χ3v) is 20.3. The van der Waals surface area contributed by atoms with E-state index in [9.17, 15) is 43.2 Å². The van der Waals surface area contributed by atoms with E-state index < -0.39 is 97.5 Å². The Kier molecular flexibility index (Phi) is 65.9. The van der Waals surface area contributed by atoms with Crippen LogP contribution in [0.3, 0.4) is 0 Å². The van der Waals surface area contributed by atoms with Gasteiger partial charge in [-0.3, -0.25) is 37.3 Å². The van der Waals surface area contributed by atoms with Gasteiger partial charge in [0.2, 0.25) is 0 Å². The maximum atomic E-state index is 13.1. The Morgan fingerprint density at radius 3 is 0.732 bits per heavy atom. The molecule has 0 rings (SSSR count). The summed E-state index contributed by atoms with van der Waals surface area (Å²) in [6, 6.07) is 0. The smallest absolute Gasteiger partial charge is 0.462 e. The molecule has 0 bridgehead atoms. The topological polar surface area (TPSA) is 237 Å². The van der Waals surface area contributed by atoms with Crippen molar-refractivity contribution in [2.24, 2.45) is 23.7 Å². The van der Waals surface area contributed by atoms with Gasteiger partial charge < -0.3 is 33.8 Å². The first-order valence-electron chi connectivity index (χ1n) is 40.2. The fraction of sp³-hybridized carbons (Fsp3) is 0.949. The van der Waals surface area contributed by atoms with Gasteiger partial charge in [0, 0.05) is 25.7 Å². The van der Waals surface area contributed by atoms with Crippen molar-refractivity contribution >= 4 is 39.5 Å². The van der Waals surface area contributed by atoms with E-state index >= 15 is 0 Å². The lowest BCUT2D eigenvalue weighted by Gasteiger charge is -2.21. The van der Waals surface area contributed by atoms with Crippen LogP contribution >= 0.6 is 15.6 Å². The molecule has 19 heteroatoms. The summed E-state index contributed by atoms with van der Waals surface area (Å²) in [5.74, 6) is 0.932. The van der Waals surface area contributed by atoms with E-state index in [1.165, 1.54) is 199 Å². The summed E-state index contributed by atoms with van der Waals surface area (Å²) in [6.07, 6.45) is 53.0. The van der Waals surface area contributed by atoms with Gasteiger partial charge in [-0.2, -0.15) is 0 Å². The number of hydrogen-bond acceptors (Lipinski definition) is 15. The second kappa shape index (κ2) is 67.2. The summed E-state index contributed by atoms with van der Waals surface area (Å²) >= 11 is 0. The fourth-order valence-corrected chi connectivity index (χ4v) is 13.5. The van der Waals surface area contributed by atoms with E-state index in [4.69, 9.17) is 37.0 Å². The largest absolute Gasteiger partial charge is 0.472 e. The van der Waals surface area contributed by atoms with Crippen molar-refractivity contribution in [3.63, 3.8) is 0 Å². The van der Waals surface area contributed by atoms with E-state index in [-0.39, 0.29) is 25.7 Å². The predicted octanol–water partition coefficient (Wildman–Crippen LogP) is 22.8. The lowest BCUT2D eigenvalue weighted by molar-refractivity contribution is -0.161. The van der Waals surface area contributed by atoms with Gasteiger partial charge in [-0.15, -0.1) is 0 Å². The Hall–Kier alpha value is -1.94. The van der Waals surface area contributed by atoms with E-state index in [2.05, 4.69) is 55.4 Å². The first-order valence-corrected chi connectivity index (χ1v) is 43.2. The molecule has 0 saturated heterocycles. The lowest BCUT2D eigenvalue weighted by atomic mass is 9.99. The molecule has 97 heavy (non-hydrogen) atoms. The van der Waals surface area contributed by atoms with E-state index in [0.29, 0.717) is 31.6 Å². The second-order valence-corrected chi connectivity index (χ2v) is 32.7. The number of carbonyl (C=O) groups is 4. The molecule has 0 heterocycles. The number of carbonyl (C=O) groups excluding carboxylic acids is 4. The molecule has 0 saturated carbocycles. The van der Waals surface area contributed by atoms with Gasteiger partial charge in [0.1, 0.15) is 19.3 Å². The number of hydrogen-bond donors (Lipinski definition) is 3. The monoisotopic (exact) mass is 1420 g/mol. The zero-order valence-electron chi connectivity index (χ0n) is 63.7. The zero-order chi connectivity index (χ0) is 71.7. The molecule has 576 valence electrons. The molecule has 6 atom stereocenters. The maximum absolute atomic E-state index is 13.1. The van der Waals surface area contributed by atoms with Crippen molar-refractivity contribution < 1.29 is 80.2 Å². The maximum Gasteiger partial charge on any atom is 0.472 e. The van der Waals surface area contributed by atoms with Crippen molar-refractivity contribution in [2.75, 3.05) is 39.6 Å². The highest BCUT2D eigenvalue weighted by atomic mass is 31.2. The molecular weight excluding hydrogens is 1270 g/mol. The Bertz CT molecular complexity index is 1900. The number of rotatable bonds is 75. The van der Waals surface area contributed by atoms with Crippen molar-refractivity contribution in [3.8, 4) is 0 Å². The number of esters is 4. The van der Waals surface area contributed by atoms with Crippen LogP contribution in [0.4, 0.5) is 0 Å². The number of aliphatic hydroxyl groups excluding tert-OH is 1. The van der Waals surface area contributed by atoms with Gasteiger partial charge >= 0.3 is 39.5 Å². The molecule has 17 nitrogen and oxygen atoms in total. The highest BCUT2D eigenvalue weighted by molar-refractivity contribution is 7.47. The average molecular weight is 1420 g/mol. The van der Waals surface area contributed by atoms with Gasteiger partial charge in [-0.1, -0.05) is 344 Å². The predicted molar refractivity (Wildman–Crippen MR) is 395 cm³/mol. The number of ether oxygens (including phenoxy) is 4. The van der Waals surface area contributed by atoms with Crippen molar-refractivity contribution in [1.29, 1.82) is 0 Å². The van der Waals surface area contributed by atoms with Crippen LogP contribution in [0, 0.1) is 23.7 Å². The van der Waals surface area contributed by atoms with Gasteiger partial charge in [0.15, 0.2) is 12.2 Å². The first-order chi connectivity index (χ1) is 46.6. The number of unbranched alkanes of at least 4 members (excludes halogenated alkanes) is 40. The molecule has 3 N–H and O–H groups in total. The Morgan fingerprint density at radius 1 is 0.289 bits per heavy atom. The third-order valence-electron chi connectivity index (χ3n) is 18.4. The molecule has 0 amide bonds. The van der Waals surface area contributed by atoms with Crippen LogP contribution in [-0.4, -0.2) is 96.7 Å². The van der Waals surface area contributed by atoms with E-state index in [1.807, 2.05) is 0 Å². The van der Waals surface area contributed by atoms with Crippen molar-refractivity contribution in [1.82, 2.24) is 0 Å². The van der Waals surface area contributed by atoms with E-state index in [1.54, 1.807) is 0 Å². The van der Waals surface area contributed by atoms with Crippen LogP contribution in [0.15, 0.2) is 0 Å². The molecule has 0 aliphatic rings. The molecule has 0 aromatic rings. The van der Waals surface area contributed by atoms with Gasteiger partial charge in [-0.05, 0) is 49.4 Å². The molecular formula is C78H152O17P2. The van der Waals surface area contributed by atoms with Gasteiger partial charge in [0.25, 0.3) is 0 Å². The normalized spacial score (nSPS) is 14.4. The molecule has 0 aromatic heterocycles. The second-order valence-electron chi connectivity index (χ2n) is 29.8. The minimum Gasteiger partial charge on any atom is -0.462 e. The summed E-state index contributed by atoms with van der Waals surface area (Å²) in [4.78, 5) is 72.8. The molecule has 4 unspecified atom stereocenters. The Labute approximate surface area is 594 Å². The fourth-order valence-electron chi connectivity index (χ4n) is 11.9. The highest BCUT2D eigenvalue weighted by Crippen LogP contribution is 2.45. The lowest BCUT2D eigenvalue weighted by Crippen LogP contribution is -2.30. The van der Waals surface area contributed by atoms with Crippen LogP contribution in [0.1, 0.15) is 396 Å². The van der Waals surface area contributed by atoms with Crippen LogP contribution in [0.2, 0.25) is 0 Å². The average Bonchev–Trinajstić information content (AvgIpc) is 1.31. The standard InChI is InChI=1S/C78H152O17P2/c1-9-71(8)57-49-41-32-25-21-17-14-15-18-22-26-33-42-50-58-75(80)88-64-73(94-77(82)60-52-44-35-27-23-19-13-11-10-12-16-20-24-30-38-46-54-68(2)3)66-92-96(84,85)90-62-72(79)63-91-97(86,87)93-67-74(95-78(83)61-53-45-37-36-40-48-56-70(6)7)65-89-76(81)59-51-43-34-29-28-31-39-47-55-69(4)5/h68-74,79H,9-67H2,1-8H3,(H,84,85)(H,86,87)/t71?,72?,73-,74-/m1/s1. The molecule has 0 fully saturated rings. The number of aliphatic hydroxyl groups is 1. The van der Waals surface area contributed by atoms with Crippen LogP contribution in [0.5, 0.6) is 0 Å². The Balaban J connectivity index is 5.21. The van der Waals surface area contributed by atoms with Crippen LogP contribution < -0.4 is 0 Å². The SMILES string of the molecule is CCC(C)CCCCCCCCCCCCCCCCC(=O)OC[C@H](COP(=O)(O)OCC(O)COP(=O)(O)OC[C@@H](COC(=O)CCCCCCCCCCC(C)C)OC(=O)CCCCCCCCC(C)C)OC(=O)CCCCCCCCCCCCCCCCCCC(C)C. The summed E-state index contributed by atoms with van der Waals surface area (Å²) < 4.78 is 68.5. The molecule has 0 aliphatic heterocycles. The molecule has 0 aromatic carbocycles. The minimum atomic E-state index is -4.96. The minimum absolute atomic E-state index is 0.101. The highest BCUT2D eigenvalue weighted by Gasteiger charge is 2.30. The molecule has 0 radical (unpaired) electrons. The van der Waals surface area contributed by atoms with Gasteiger partial charge in [0.05, 0.1) is 26.4 Å². The van der Waals surface area contributed by atoms with Crippen LogP contribution in [-0.2, 0) is 65.4 Å². The Morgan fingerprint density at radius 2 is 0.495 bits per heavy atom. The van der Waals surface area contributed by atoms with E-state index in [0.717, 1.165) is 108 Å². The molecule has 0 aliphatic carbocycles. The summed E-state index contributed by atoms with van der Waals surface area (Å²) in [7, 11) is -9.91. The summed E-state index contributed by atoms with van der Waals surface area (Å²) in [5.41, 5.74) is 0.